The van der Waals surface area contributed by atoms with E-state index in [-0.39, 0.29) is 12.5 Å². The topological polar surface area (TPSA) is 105 Å². The van der Waals surface area contributed by atoms with Crippen molar-refractivity contribution in [2.45, 2.75) is 51.2 Å². The van der Waals surface area contributed by atoms with Crippen LogP contribution in [0.4, 0.5) is 4.79 Å². The van der Waals surface area contributed by atoms with Crippen molar-refractivity contribution in [1.29, 1.82) is 0 Å². The van der Waals surface area contributed by atoms with Crippen molar-refractivity contribution in [2.24, 2.45) is 0 Å². The molecule has 1 saturated carbocycles. The van der Waals surface area contributed by atoms with Gasteiger partial charge in [-0.25, -0.2) is 4.79 Å². The Morgan fingerprint density at radius 3 is 2.54 bits per heavy atom. The first-order valence-electron chi connectivity index (χ1n) is 13.2. The molecule has 1 heterocycles. The Hall–Kier alpha value is -4.33. The number of aromatic amines is 1. The lowest BCUT2D eigenvalue weighted by Crippen LogP contribution is -2.40. The lowest BCUT2D eigenvalue weighted by atomic mass is 10.00. The summed E-state index contributed by atoms with van der Waals surface area (Å²) in [7, 11) is 1.59. The average Bonchev–Trinajstić information content (AvgIpc) is 3.68. The van der Waals surface area contributed by atoms with Crippen LogP contribution in [-0.4, -0.2) is 41.5 Å². The highest BCUT2D eigenvalue weighted by Gasteiger charge is 2.27. The monoisotopic (exact) mass is 526 g/mol. The van der Waals surface area contributed by atoms with Crippen LogP contribution in [0.1, 0.15) is 67.2 Å². The van der Waals surface area contributed by atoms with Gasteiger partial charge in [-0.05, 0) is 86.7 Å². The van der Waals surface area contributed by atoms with Crippen LogP contribution in [0, 0.1) is 0 Å². The maximum atomic E-state index is 13.5. The maximum absolute atomic E-state index is 13.5. The van der Waals surface area contributed by atoms with E-state index < -0.39 is 17.7 Å². The van der Waals surface area contributed by atoms with Crippen molar-refractivity contribution in [3.8, 4) is 16.9 Å². The van der Waals surface area contributed by atoms with Crippen molar-refractivity contribution in [3.05, 3.63) is 83.6 Å². The van der Waals surface area contributed by atoms with Crippen molar-refractivity contribution in [3.63, 3.8) is 0 Å². The lowest BCUT2D eigenvalue weighted by molar-refractivity contribution is 0.0520. The van der Waals surface area contributed by atoms with Crippen LogP contribution < -0.4 is 15.4 Å². The highest BCUT2D eigenvalue weighted by atomic mass is 16.6. The van der Waals surface area contributed by atoms with Gasteiger partial charge in [-0.2, -0.15) is 5.10 Å². The smallest absolute Gasteiger partial charge is 0.407 e. The minimum Gasteiger partial charge on any atom is -0.497 e. The van der Waals surface area contributed by atoms with E-state index in [9.17, 15) is 9.59 Å². The lowest BCUT2D eigenvalue weighted by Gasteiger charge is -2.23. The fourth-order valence-electron chi connectivity index (χ4n) is 4.58. The molecule has 1 atom stereocenters. The number of methoxy groups -OCH3 is 1. The zero-order chi connectivity index (χ0) is 27.6. The van der Waals surface area contributed by atoms with Crippen molar-refractivity contribution < 1.29 is 19.1 Å². The predicted octanol–water partition coefficient (Wildman–Crippen LogP) is 6.11. The Bertz CT molecular complexity index is 1500. The van der Waals surface area contributed by atoms with Crippen LogP contribution in [0.25, 0.3) is 22.0 Å². The molecule has 1 aliphatic carbocycles. The van der Waals surface area contributed by atoms with E-state index in [1.165, 1.54) is 18.5 Å². The van der Waals surface area contributed by atoms with Gasteiger partial charge in [-0.15, -0.1) is 0 Å². The molecule has 4 aromatic rings. The molecule has 0 radical (unpaired) electrons. The number of hydrogen-bond donors (Lipinski definition) is 3. The van der Waals surface area contributed by atoms with Crippen molar-refractivity contribution in [2.75, 3.05) is 13.7 Å². The number of H-pyrrole nitrogens is 1. The van der Waals surface area contributed by atoms with Gasteiger partial charge < -0.3 is 20.1 Å². The van der Waals surface area contributed by atoms with Gasteiger partial charge in [0, 0.05) is 29.1 Å². The van der Waals surface area contributed by atoms with Gasteiger partial charge in [0.2, 0.25) is 0 Å². The molecule has 202 valence electrons. The molecule has 2 amide bonds. The number of carbonyl (C=O) groups excluding carboxylic acids is 2. The van der Waals surface area contributed by atoms with Gasteiger partial charge in [-0.3, -0.25) is 9.89 Å². The van der Waals surface area contributed by atoms with Crippen LogP contribution in [0.5, 0.6) is 5.75 Å². The van der Waals surface area contributed by atoms with E-state index in [1.54, 1.807) is 33.9 Å². The third-order valence-electron chi connectivity index (χ3n) is 6.68. The van der Waals surface area contributed by atoms with Gasteiger partial charge in [0.1, 0.15) is 11.4 Å². The molecule has 8 nitrogen and oxygen atoms in total. The fourth-order valence-corrected chi connectivity index (χ4v) is 4.58. The summed E-state index contributed by atoms with van der Waals surface area (Å²) in [4.78, 5) is 25.8. The summed E-state index contributed by atoms with van der Waals surface area (Å²) in [5.74, 6) is 0.968. The van der Waals surface area contributed by atoms with E-state index in [2.05, 4.69) is 26.9 Å². The van der Waals surface area contributed by atoms with Gasteiger partial charge in [-0.1, -0.05) is 30.3 Å². The number of nitrogens with zero attached hydrogens (tertiary/aromatic N) is 1. The van der Waals surface area contributed by atoms with Crippen LogP contribution in [-0.2, 0) is 4.74 Å². The number of hydrogen-bond acceptors (Lipinski definition) is 5. The normalized spacial score (nSPS) is 14.1. The molecule has 1 aromatic heterocycles. The Labute approximate surface area is 228 Å². The van der Waals surface area contributed by atoms with E-state index in [1.807, 2.05) is 54.6 Å². The van der Waals surface area contributed by atoms with Gasteiger partial charge in [0.25, 0.3) is 5.91 Å². The first-order valence-corrected chi connectivity index (χ1v) is 13.2. The first-order chi connectivity index (χ1) is 18.7. The van der Waals surface area contributed by atoms with E-state index in [0.717, 1.165) is 27.6 Å². The third-order valence-corrected chi connectivity index (χ3v) is 6.68. The summed E-state index contributed by atoms with van der Waals surface area (Å²) in [5.41, 5.74) is 4.81. The molecule has 1 fully saturated rings. The minimum atomic E-state index is -0.627. The molecule has 8 heteroatoms. The maximum Gasteiger partial charge on any atom is 0.407 e. The first kappa shape index (κ1) is 26.3. The van der Waals surface area contributed by atoms with E-state index in [0.29, 0.717) is 17.2 Å². The number of fused-ring (bicyclic) bond motifs is 1. The molecule has 39 heavy (non-hydrogen) atoms. The number of benzene rings is 3. The Morgan fingerprint density at radius 2 is 1.79 bits per heavy atom. The zero-order valence-corrected chi connectivity index (χ0v) is 22.7. The van der Waals surface area contributed by atoms with Gasteiger partial charge >= 0.3 is 6.09 Å². The van der Waals surface area contributed by atoms with E-state index >= 15 is 0 Å². The quantitative estimate of drug-likeness (QED) is 0.257. The molecular formula is C31H34N4O4. The fraction of sp³-hybridized carbons (Fsp3) is 0.323. The highest BCUT2D eigenvalue weighted by Crippen LogP contribution is 2.42. The molecule has 0 bridgehead atoms. The molecule has 5 rings (SSSR count). The molecule has 1 aliphatic rings. The molecule has 0 spiro atoms. The van der Waals surface area contributed by atoms with Gasteiger partial charge in [0.05, 0.1) is 18.7 Å². The van der Waals surface area contributed by atoms with Crippen LogP contribution in [0.15, 0.2) is 66.7 Å². The van der Waals surface area contributed by atoms with Crippen molar-refractivity contribution >= 4 is 22.9 Å². The molecule has 3 aromatic carbocycles. The minimum absolute atomic E-state index is 0.147. The number of amides is 2. The number of ether oxygens (including phenoxy) is 2. The van der Waals surface area contributed by atoms with Gasteiger partial charge in [0.15, 0.2) is 0 Å². The number of carbonyl (C=O) groups is 2. The third kappa shape index (κ3) is 6.39. The molecule has 0 aliphatic heterocycles. The number of aromatic nitrogens is 2. The summed E-state index contributed by atoms with van der Waals surface area (Å²) < 4.78 is 10.8. The zero-order valence-electron chi connectivity index (χ0n) is 22.7. The second-order valence-electron chi connectivity index (χ2n) is 10.9. The SMILES string of the molecule is COc1cccc(C(CNC(=O)OC(C)(C)C)NC(=O)c2cccc(-c3ccc4n[nH]c(C5CC5)c4c3)c2)c1. The molecule has 0 saturated heterocycles. The van der Waals surface area contributed by atoms with Crippen LogP contribution in [0.2, 0.25) is 0 Å². The predicted molar refractivity (Wildman–Crippen MR) is 151 cm³/mol. The number of alkyl carbamates (subject to hydrolysis) is 1. The Kier molecular flexibility index (Phi) is 7.28. The Balaban J connectivity index is 1.37. The van der Waals surface area contributed by atoms with Crippen LogP contribution in [0.3, 0.4) is 0 Å². The van der Waals surface area contributed by atoms with E-state index in [4.69, 9.17) is 9.47 Å². The van der Waals surface area contributed by atoms with Crippen molar-refractivity contribution in [1.82, 2.24) is 20.8 Å². The summed E-state index contributed by atoms with van der Waals surface area (Å²) >= 11 is 0. The Morgan fingerprint density at radius 1 is 1.03 bits per heavy atom. The average molecular weight is 527 g/mol. The second kappa shape index (κ2) is 10.8. The highest BCUT2D eigenvalue weighted by molar-refractivity contribution is 5.96. The van der Waals surface area contributed by atoms with Crippen LogP contribution >= 0.6 is 0 Å². The summed E-state index contributed by atoms with van der Waals surface area (Å²) in [5, 5.41) is 14.6. The molecular weight excluding hydrogens is 492 g/mol. The molecule has 3 N–H and O–H groups in total. The number of rotatable bonds is 8. The standard InChI is InChI=1S/C31H34N4O4/c1-31(2,3)39-30(37)32-18-27(22-8-6-10-24(16-22)38-4)33-29(36)23-9-5-7-20(15-23)21-13-14-26-25(17-21)28(35-34-26)19-11-12-19/h5-10,13-17,19,27H,11-12,18H2,1-4H3,(H,32,37)(H,33,36)(H,34,35). The summed E-state index contributed by atoms with van der Waals surface area (Å²) in [6.45, 7) is 5.56. The molecule has 1 unspecified atom stereocenters. The largest absolute Gasteiger partial charge is 0.497 e. The second-order valence-corrected chi connectivity index (χ2v) is 10.9. The summed E-state index contributed by atoms with van der Waals surface area (Å²) in [6, 6.07) is 20.6. The summed E-state index contributed by atoms with van der Waals surface area (Å²) in [6.07, 6.45) is 1.83. The number of nitrogens with one attached hydrogen (secondary N) is 3.